The summed E-state index contributed by atoms with van der Waals surface area (Å²) in [4.78, 5) is 10.8. The number of hydrogen-bond donors (Lipinski definition) is 3. The highest BCUT2D eigenvalue weighted by Gasteiger charge is 2.26. The number of likely N-dealkylation sites (N-methyl/N-ethyl adjacent to an activating group) is 1. The van der Waals surface area contributed by atoms with E-state index in [1.54, 1.807) is 0 Å². The molecule has 1 aromatic rings. The molecule has 0 saturated carbocycles. The van der Waals surface area contributed by atoms with Crippen molar-refractivity contribution in [3.05, 3.63) is 6.07 Å². The number of nitrogen functional groups attached to an aromatic ring is 1. The number of nitrogens with zero attached hydrogens (tertiary/aromatic N) is 3. The van der Waals surface area contributed by atoms with Crippen molar-refractivity contribution in [2.45, 2.75) is 38.8 Å². The molecule has 1 unspecified atom stereocenters. The van der Waals surface area contributed by atoms with Gasteiger partial charge in [-0.2, -0.15) is 9.97 Å². The van der Waals surface area contributed by atoms with Crippen molar-refractivity contribution in [3.8, 4) is 0 Å². The van der Waals surface area contributed by atoms with Crippen LogP contribution in [0.2, 0.25) is 0 Å². The quantitative estimate of drug-likeness (QED) is 0.713. The van der Waals surface area contributed by atoms with Gasteiger partial charge in [0.1, 0.15) is 11.6 Å². The van der Waals surface area contributed by atoms with Crippen LogP contribution in [0.1, 0.15) is 26.7 Å². The van der Waals surface area contributed by atoms with Crippen LogP contribution in [0.25, 0.3) is 0 Å². The van der Waals surface area contributed by atoms with Crippen LogP contribution in [-0.2, 0) is 0 Å². The van der Waals surface area contributed by atoms with Crippen molar-refractivity contribution in [1.82, 2.24) is 15.3 Å². The van der Waals surface area contributed by atoms with Crippen LogP contribution in [0.4, 0.5) is 17.6 Å². The molecule has 1 aliphatic heterocycles. The van der Waals surface area contributed by atoms with Crippen molar-refractivity contribution >= 4 is 17.6 Å². The van der Waals surface area contributed by atoms with Crippen LogP contribution in [-0.4, -0.2) is 42.2 Å². The van der Waals surface area contributed by atoms with Gasteiger partial charge in [-0.1, -0.05) is 13.3 Å². The van der Waals surface area contributed by atoms with E-state index in [2.05, 4.69) is 39.3 Å². The summed E-state index contributed by atoms with van der Waals surface area (Å²) in [7, 11) is 1.98. The van der Waals surface area contributed by atoms with Gasteiger partial charge in [-0.05, 0) is 20.4 Å². The van der Waals surface area contributed by atoms with E-state index in [0.717, 1.165) is 37.6 Å². The van der Waals surface area contributed by atoms with Crippen LogP contribution in [0.3, 0.4) is 0 Å². The molecule has 1 fully saturated rings. The van der Waals surface area contributed by atoms with Gasteiger partial charge in [0.25, 0.3) is 0 Å². The number of nitrogens with two attached hydrogens (primary N) is 1. The Labute approximate surface area is 114 Å². The molecule has 0 aromatic carbocycles. The summed E-state index contributed by atoms with van der Waals surface area (Å²) in [6, 6.07) is 2.93. The molecule has 106 valence electrons. The Kier molecular flexibility index (Phi) is 4.42. The molecular formula is C13H24N6. The van der Waals surface area contributed by atoms with Gasteiger partial charge in [-0.15, -0.1) is 0 Å². The Hall–Kier alpha value is -1.56. The topological polar surface area (TPSA) is 79.1 Å². The predicted molar refractivity (Wildman–Crippen MR) is 79.5 cm³/mol. The summed E-state index contributed by atoms with van der Waals surface area (Å²) in [5.74, 6) is 2.05. The van der Waals surface area contributed by atoms with Gasteiger partial charge in [0.05, 0.1) is 0 Å². The van der Waals surface area contributed by atoms with Crippen LogP contribution < -0.4 is 21.3 Å². The lowest BCUT2D eigenvalue weighted by Gasteiger charge is -2.40. The summed E-state index contributed by atoms with van der Waals surface area (Å²) in [5, 5.41) is 6.63. The first-order chi connectivity index (χ1) is 9.12. The second-order valence-corrected chi connectivity index (χ2v) is 5.19. The SMILES string of the molecule is CCCC(C)Nc1cc(N2CC(NC)C2)nc(N)n1. The highest BCUT2D eigenvalue weighted by atomic mass is 15.3. The molecule has 0 amide bonds. The molecule has 2 heterocycles. The van der Waals surface area contributed by atoms with Crippen molar-refractivity contribution in [2.75, 3.05) is 36.1 Å². The summed E-state index contributed by atoms with van der Waals surface area (Å²) >= 11 is 0. The molecule has 4 N–H and O–H groups in total. The first kappa shape index (κ1) is 13.9. The normalized spacial score (nSPS) is 17.1. The fourth-order valence-corrected chi connectivity index (χ4v) is 2.29. The lowest BCUT2D eigenvalue weighted by molar-refractivity contribution is 0.447. The zero-order valence-electron chi connectivity index (χ0n) is 12.0. The molecule has 19 heavy (non-hydrogen) atoms. The highest BCUT2D eigenvalue weighted by Crippen LogP contribution is 2.22. The number of nitrogens with one attached hydrogen (secondary N) is 2. The van der Waals surface area contributed by atoms with Crippen molar-refractivity contribution in [2.24, 2.45) is 0 Å². The van der Waals surface area contributed by atoms with Gasteiger partial charge in [-0.25, -0.2) is 0 Å². The third-order valence-electron chi connectivity index (χ3n) is 3.46. The fraction of sp³-hybridized carbons (Fsp3) is 0.692. The lowest BCUT2D eigenvalue weighted by atomic mass is 10.1. The smallest absolute Gasteiger partial charge is 0.223 e. The maximum absolute atomic E-state index is 5.79. The summed E-state index contributed by atoms with van der Waals surface area (Å²) in [5.41, 5.74) is 5.79. The Morgan fingerprint density at radius 2 is 2.21 bits per heavy atom. The molecule has 0 spiro atoms. The summed E-state index contributed by atoms with van der Waals surface area (Å²) < 4.78 is 0. The van der Waals surface area contributed by atoms with Gasteiger partial charge >= 0.3 is 0 Å². The highest BCUT2D eigenvalue weighted by molar-refractivity contribution is 5.54. The van der Waals surface area contributed by atoms with E-state index in [1.165, 1.54) is 0 Å². The maximum Gasteiger partial charge on any atom is 0.223 e. The van der Waals surface area contributed by atoms with E-state index in [-0.39, 0.29) is 0 Å². The van der Waals surface area contributed by atoms with Crippen molar-refractivity contribution in [1.29, 1.82) is 0 Å². The van der Waals surface area contributed by atoms with E-state index in [1.807, 2.05) is 13.1 Å². The molecule has 0 radical (unpaired) electrons. The average Bonchev–Trinajstić information content (AvgIpc) is 2.26. The van der Waals surface area contributed by atoms with Gasteiger partial charge in [-0.3, -0.25) is 0 Å². The third-order valence-corrected chi connectivity index (χ3v) is 3.46. The minimum atomic E-state index is 0.330. The molecular weight excluding hydrogens is 240 g/mol. The molecule has 1 saturated heterocycles. The summed E-state index contributed by atoms with van der Waals surface area (Å²) in [6.45, 7) is 6.27. The third kappa shape index (κ3) is 3.47. The molecule has 1 atom stereocenters. The van der Waals surface area contributed by atoms with Gasteiger partial charge in [0.2, 0.25) is 5.95 Å². The van der Waals surface area contributed by atoms with E-state index in [0.29, 0.717) is 18.0 Å². The largest absolute Gasteiger partial charge is 0.368 e. The van der Waals surface area contributed by atoms with E-state index < -0.39 is 0 Å². The van der Waals surface area contributed by atoms with Crippen LogP contribution in [0.15, 0.2) is 6.07 Å². The Morgan fingerprint density at radius 1 is 1.47 bits per heavy atom. The van der Waals surface area contributed by atoms with Crippen molar-refractivity contribution in [3.63, 3.8) is 0 Å². The van der Waals surface area contributed by atoms with E-state index >= 15 is 0 Å². The molecule has 6 nitrogen and oxygen atoms in total. The monoisotopic (exact) mass is 264 g/mol. The fourth-order valence-electron chi connectivity index (χ4n) is 2.29. The first-order valence-electron chi connectivity index (χ1n) is 6.95. The number of aromatic nitrogens is 2. The molecule has 1 aromatic heterocycles. The van der Waals surface area contributed by atoms with Gasteiger partial charge in [0, 0.05) is 31.2 Å². The predicted octanol–water partition coefficient (Wildman–Crippen LogP) is 1.07. The zero-order chi connectivity index (χ0) is 13.8. The average molecular weight is 264 g/mol. The van der Waals surface area contributed by atoms with Gasteiger partial charge < -0.3 is 21.3 Å². The maximum atomic E-state index is 5.79. The summed E-state index contributed by atoms with van der Waals surface area (Å²) in [6.07, 6.45) is 2.27. The molecule has 0 bridgehead atoms. The molecule has 0 aliphatic carbocycles. The van der Waals surface area contributed by atoms with Crippen LogP contribution in [0, 0.1) is 0 Å². The first-order valence-corrected chi connectivity index (χ1v) is 6.95. The Morgan fingerprint density at radius 3 is 2.84 bits per heavy atom. The molecule has 1 aliphatic rings. The van der Waals surface area contributed by atoms with Gasteiger partial charge in [0.15, 0.2) is 0 Å². The van der Waals surface area contributed by atoms with E-state index in [4.69, 9.17) is 5.73 Å². The van der Waals surface area contributed by atoms with E-state index in [9.17, 15) is 0 Å². The number of hydrogen-bond acceptors (Lipinski definition) is 6. The van der Waals surface area contributed by atoms with Crippen molar-refractivity contribution < 1.29 is 0 Å². The second-order valence-electron chi connectivity index (χ2n) is 5.19. The standard InChI is InChI=1S/C13H24N6/c1-4-5-9(2)16-11-6-12(18-13(14)17-11)19-7-10(8-19)15-3/h6,9-10,15H,4-5,7-8H2,1-3H3,(H3,14,16,17,18). The Bertz CT molecular complexity index is 416. The molecule has 6 heteroatoms. The lowest BCUT2D eigenvalue weighted by Crippen LogP contribution is -2.57. The Balaban J connectivity index is 2.03. The zero-order valence-corrected chi connectivity index (χ0v) is 12.0. The number of rotatable bonds is 6. The molecule has 2 rings (SSSR count). The number of anilines is 3. The minimum Gasteiger partial charge on any atom is -0.368 e. The minimum absolute atomic E-state index is 0.330. The second kappa shape index (κ2) is 6.06. The van der Waals surface area contributed by atoms with Crippen LogP contribution >= 0.6 is 0 Å². The van der Waals surface area contributed by atoms with Crippen LogP contribution in [0.5, 0.6) is 0 Å².